The van der Waals surface area contributed by atoms with Crippen LogP contribution in [0.3, 0.4) is 0 Å². The Kier molecular flexibility index (Phi) is 3.09. The van der Waals surface area contributed by atoms with E-state index in [1.165, 1.54) is 30.5 Å². The van der Waals surface area contributed by atoms with Gasteiger partial charge in [0, 0.05) is 11.8 Å². The van der Waals surface area contributed by atoms with Gasteiger partial charge in [0.05, 0.1) is 29.3 Å². The van der Waals surface area contributed by atoms with Gasteiger partial charge in [0.1, 0.15) is 5.82 Å². The van der Waals surface area contributed by atoms with E-state index in [0.717, 1.165) is 6.20 Å². The van der Waals surface area contributed by atoms with Gasteiger partial charge in [-0.15, -0.1) is 0 Å². The third-order valence-electron chi connectivity index (χ3n) is 2.26. The molecule has 1 aromatic carbocycles. The highest BCUT2D eigenvalue weighted by molar-refractivity contribution is 5.96. The van der Waals surface area contributed by atoms with Crippen molar-refractivity contribution >= 4 is 23.0 Å². The average molecular weight is 247 g/mol. The number of aromatic carboxylic acids is 1. The molecule has 2 aromatic rings. The van der Waals surface area contributed by atoms with E-state index >= 15 is 0 Å². The van der Waals surface area contributed by atoms with Crippen molar-refractivity contribution in [2.75, 3.05) is 11.1 Å². The largest absolute Gasteiger partial charge is 0.478 e. The molecule has 18 heavy (non-hydrogen) atoms. The normalized spacial score (nSPS) is 10.1. The maximum absolute atomic E-state index is 13.0. The van der Waals surface area contributed by atoms with Gasteiger partial charge in [0.15, 0.2) is 0 Å². The number of hydrogen-bond donors (Lipinski definition) is 3. The third-order valence-corrected chi connectivity index (χ3v) is 2.26. The maximum atomic E-state index is 13.0. The van der Waals surface area contributed by atoms with Crippen LogP contribution in [0.15, 0.2) is 36.7 Å². The first-order valence-corrected chi connectivity index (χ1v) is 5.06. The highest BCUT2D eigenvalue weighted by Gasteiger charge is 2.10. The zero-order valence-corrected chi connectivity index (χ0v) is 9.22. The Morgan fingerprint density at radius 3 is 2.78 bits per heavy atom. The zero-order valence-electron chi connectivity index (χ0n) is 9.22. The van der Waals surface area contributed by atoms with Crippen molar-refractivity contribution in [1.29, 1.82) is 0 Å². The summed E-state index contributed by atoms with van der Waals surface area (Å²) in [6.45, 7) is 0. The highest BCUT2D eigenvalue weighted by Crippen LogP contribution is 2.23. The number of nitrogens with two attached hydrogens (primary N) is 1. The Morgan fingerprint density at radius 2 is 2.11 bits per heavy atom. The van der Waals surface area contributed by atoms with Gasteiger partial charge in [0.2, 0.25) is 0 Å². The smallest absolute Gasteiger partial charge is 0.337 e. The quantitative estimate of drug-likeness (QED) is 0.724. The Morgan fingerprint density at radius 1 is 1.33 bits per heavy atom. The Balaban J connectivity index is 2.39. The minimum atomic E-state index is -1.10. The molecule has 2 rings (SSSR count). The summed E-state index contributed by atoms with van der Waals surface area (Å²) in [4.78, 5) is 14.7. The first-order valence-electron chi connectivity index (χ1n) is 5.06. The summed E-state index contributed by atoms with van der Waals surface area (Å²) in [7, 11) is 0. The minimum Gasteiger partial charge on any atom is -0.478 e. The molecular weight excluding hydrogens is 237 g/mol. The first-order chi connectivity index (χ1) is 8.56. The molecule has 0 saturated heterocycles. The number of aromatic nitrogens is 1. The van der Waals surface area contributed by atoms with Crippen LogP contribution in [0.25, 0.3) is 0 Å². The van der Waals surface area contributed by atoms with Crippen molar-refractivity contribution < 1.29 is 14.3 Å². The lowest BCUT2D eigenvalue weighted by Gasteiger charge is -2.10. The summed E-state index contributed by atoms with van der Waals surface area (Å²) in [5.41, 5.74) is 6.68. The Labute approximate surface area is 102 Å². The van der Waals surface area contributed by atoms with Gasteiger partial charge >= 0.3 is 5.97 Å². The fourth-order valence-electron chi connectivity index (χ4n) is 1.49. The van der Waals surface area contributed by atoms with Crippen LogP contribution in [-0.2, 0) is 0 Å². The van der Waals surface area contributed by atoms with E-state index in [4.69, 9.17) is 10.8 Å². The lowest BCUT2D eigenvalue weighted by Crippen LogP contribution is -2.04. The van der Waals surface area contributed by atoms with Gasteiger partial charge in [-0.1, -0.05) is 0 Å². The second kappa shape index (κ2) is 4.70. The number of carbonyl (C=O) groups is 1. The molecule has 6 heteroatoms. The molecular formula is C12H10FN3O2. The second-order valence-corrected chi connectivity index (χ2v) is 3.63. The first kappa shape index (κ1) is 11.8. The average Bonchev–Trinajstić information content (AvgIpc) is 2.28. The van der Waals surface area contributed by atoms with Gasteiger partial charge in [-0.25, -0.2) is 9.18 Å². The maximum Gasteiger partial charge on any atom is 0.337 e. The van der Waals surface area contributed by atoms with Gasteiger partial charge in [0.25, 0.3) is 0 Å². The summed E-state index contributed by atoms with van der Waals surface area (Å²) >= 11 is 0. The molecule has 0 amide bonds. The molecule has 0 fully saturated rings. The monoisotopic (exact) mass is 247 g/mol. The molecule has 0 unspecified atom stereocenters. The summed E-state index contributed by atoms with van der Waals surface area (Å²) in [5, 5.41) is 11.8. The number of nitrogen functional groups attached to an aromatic ring is 1. The molecule has 0 saturated carbocycles. The van der Waals surface area contributed by atoms with Crippen molar-refractivity contribution in [1.82, 2.24) is 4.98 Å². The fourth-order valence-corrected chi connectivity index (χ4v) is 1.49. The number of carboxylic acid groups (broad SMARTS) is 1. The molecule has 1 aromatic heterocycles. The Hall–Kier alpha value is -2.63. The molecule has 0 bridgehead atoms. The molecule has 1 heterocycles. The topological polar surface area (TPSA) is 88.2 Å². The lowest BCUT2D eigenvalue weighted by molar-refractivity contribution is 0.0698. The number of pyridine rings is 1. The second-order valence-electron chi connectivity index (χ2n) is 3.63. The summed E-state index contributed by atoms with van der Waals surface area (Å²) < 4.78 is 13.0. The predicted octanol–water partition coefficient (Wildman–Crippen LogP) is 2.24. The number of nitrogens with one attached hydrogen (secondary N) is 1. The van der Waals surface area contributed by atoms with Gasteiger partial charge in [-0.3, -0.25) is 4.98 Å². The molecule has 4 N–H and O–H groups in total. The number of anilines is 3. The van der Waals surface area contributed by atoms with Crippen LogP contribution in [0.4, 0.5) is 21.5 Å². The van der Waals surface area contributed by atoms with E-state index in [2.05, 4.69) is 10.3 Å². The van der Waals surface area contributed by atoms with E-state index in [9.17, 15) is 9.18 Å². The van der Waals surface area contributed by atoms with Crippen LogP contribution in [0.2, 0.25) is 0 Å². The molecule has 0 spiro atoms. The number of nitrogens with zero attached hydrogens (tertiary/aromatic N) is 1. The van der Waals surface area contributed by atoms with E-state index in [1.54, 1.807) is 0 Å². The fraction of sp³-hybridized carbons (Fsp3) is 0. The van der Waals surface area contributed by atoms with Gasteiger partial charge in [-0.05, 0) is 18.2 Å². The number of hydrogen-bond acceptors (Lipinski definition) is 4. The number of halogens is 1. The SMILES string of the molecule is Nc1ccc(C(=O)O)c(Nc2cncc(F)c2)c1. The van der Waals surface area contributed by atoms with Crippen LogP contribution in [0.5, 0.6) is 0 Å². The number of carboxylic acids is 1. The predicted molar refractivity (Wildman–Crippen MR) is 65.3 cm³/mol. The molecule has 0 aliphatic carbocycles. The van der Waals surface area contributed by atoms with Gasteiger partial charge in [-0.2, -0.15) is 0 Å². The molecule has 0 aliphatic heterocycles. The van der Waals surface area contributed by atoms with Crippen molar-refractivity contribution in [2.24, 2.45) is 0 Å². The van der Waals surface area contributed by atoms with Crippen LogP contribution < -0.4 is 11.1 Å². The van der Waals surface area contributed by atoms with E-state index < -0.39 is 11.8 Å². The molecule has 5 nitrogen and oxygen atoms in total. The van der Waals surface area contributed by atoms with Crippen molar-refractivity contribution in [3.8, 4) is 0 Å². The standard InChI is InChI=1S/C12H10FN3O2/c13-7-3-9(6-15-5-7)16-11-4-8(14)1-2-10(11)12(17)18/h1-6,16H,14H2,(H,17,18). The van der Waals surface area contributed by atoms with E-state index in [1.807, 2.05) is 0 Å². The van der Waals surface area contributed by atoms with Crippen molar-refractivity contribution in [3.63, 3.8) is 0 Å². The summed E-state index contributed by atoms with van der Waals surface area (Å²) in [6.07, 6.45) is 2.44. The lowest BCUT2D eigenvalue weighted by atomic mass is 10.1. The van der Waals surface area contributed by atoms with Gasteiger partial charge < -0.3 is 16.2 Å². The van der Waals surface area contributed by atoms with Crippen molar-refractivity contribution in [2.45, 2.75) is 0 Å². The molecule has 92 valence electrons. The van der Waals surface area contributed by atoms with Crippen LogP contribution >= 0.6 is 0 Å². The van der Waals surface area contributed by atoms with E-state index in [0.29, 0.717) is 11.4 Å². The third kappa shape index (κ3) is 2.54. The Bertz CT molecular complexity index is 602. The summed E-state index contributed by atoms with van der Waals surface area (Å²) in [6, 6.07) is 5.54. The molecule has 0 radical (unpaired) electrons. The highest BCUT2D eigenvalue weighted by atomic mass is 19.1. The van der Waals surface area contributed by atoms with Crippen LogP contribution in [0.1, 0.15) is 10.4 Å². The molecule has 0 atom stereocenters. The minimum absolute atomic E-state index is 0.0495. The van der Waals surface area contributed by atoms with Crippen molar-refractivity contribution in [3.05, 3.63) is 48.0 Å². The summed E-state index contributed by atoms with van der Waals surface area (Å²) in [5.74, 6) is -1.61. The number of rotatable bonds is 3. The zero-order chi connectivity index (χ0) is 13.1. The number of benzene rings is 1. The van der Waals surface area contributed by atoms with E-state index in [-0.39, 0.29) is 11.3 Å². The van der Waals surface area contributed by atoms with Crippen LogP contribution in [-0.4, -0.2) is 16.1 Å². The molecule has 0 aliphatic rings. The van der Waals surface area contributed by atoms with Crippen LogP contribution in [0, 0.1) is 5.82 Å².